The molecule has 7 aliphatic carbocycles. The van der Waals surface area contributed by atoms with Crippen LogP contribution in [0.4, 0.5) is 0 Å². The molecule has 8 heteroatoms. The standard InChI is InChI=1S/C35H43B2NO5.C2H6/c1-18-20-14-26(18)34(4)28(15-20)40-37(42-34)31-23-10-8-7-9-22(23)30(24-12-11-19(13-25(24)31)32(39)38-6)36-41-29-17-21-16-27(33(21,2)3)35(29,5)43-36;1-2/h7-13,18,20-21,26-31H,14-17H2,1-6H3,(H,38,39);1-2H3/t18?,20-,21-,26-,27-,28?,29?,30?,31?,34-,35-;/m0./s1. The van der Waals surface area contributed by atoms with E-state index >= 15 is 0 Å². The number of hydrogen-bond donors (Lipinski definition) is 1. The topological polar surface area (TPSA) is 66.0 Å². The Hall–Kier alpha value is -2.12. The zero-order chi connectivity index (χ0) is 31.6. The predicted octanol–water partition coefficient (Wildman–Crippen LogP) is 6.79. The minimum Gasteiger partial charge on any atom is -0.405 e. The molecule has 2 saturated heterocycles. The Morgan fingerprint density at radius 1 is 0.800 bits per heavy atom. The first-order chi connectivity index (χ1) is 21.5. The van der Waals surface area contributed by atoms with Gasteiger partial charge in [-0.05, 0) is 109 Å². The molecule has 45 heavy (non-hydrogen) atoms. The molecule has 1 amide bonds. The van der Waals surface area contributed by atoms with E-state index in [1.54, 1.807) is 7.05 Å². The third-order valence-electron chi connectivity index (χ3n) is 13.9. The summed E-state index contributed by atoms with van der Waals surface area (Å²) < 4.78 is 28.0. The van der Waals surface area contributed by atoms with Crippen LogP contribution in [-0.4, -0.2) is 50.6 Å². The van der Waals surface area contributed by atoms with Gasteiger partial charge in [-0.25, -0.2) is 0 Å². The van der Waals surface area contributed by atoms with E-state index in [9.17, 15) is 4.79 Å². The van der Waals surface area contributed by atoms with Crippen LogP contribution in [0.15, 0.2) is 42.5 Å². The Morgan fingerprint density at radius 3 is 2.02 bits per heavy atom. The first kappa shape index (κ1) is 30.2. The minimum absolute atomic E-state index is 0.0885. The largest absolute Gasteiger partial charge is 0.470 e. The summed E-state index contributed by atoms with van der Waals surface area (Å²) in [5.41, 5.74) is 5.01. The van der Waals surface area contributed by atoms with Crippen molar-refractivity contribution in [2.45, 2.75) is 109 Å². The fourth-order valence-electron chi connectivity index (χ4n) is 11.1. The Kier molecular flexibility index (Phi) is 6.84. The van der Waals surface area contributed by atoms with Crippen LogP contribution in [0.2, 0.25) is 0 Å². The molecular formula is C37H49B2NO5. The maximum Gasteiger partial charge on any atom is 0.470 e. The van der Waals surface area contributed by atoms with E-state index in [1.165, 1.54) is 24.0 Å². The van der Waals surface area contributed by atoms with Crippen LogP contribution in [0.25, 0.3) is 0 Å². The molecule has 11 rings (SSSR count). The third-order valence-corrected chi connectivity index (χ3v) is 13.9. The lowest BCUT2D eigenvalue weighted by Gasteiger charge is -2.64. The highest BCUT2D eigenvalue weighted by Crippen LogP contribution is 2.67. The van der Waals surface area contributed by atoms with E-state index < -0.39 is 14.2 Å². The molecule has 6 nitrogen and oxygen atoms in total. The van der Waals surface area contributed by atoms with Crippen molar-refractivity contribution >= 4 is 20.1 Å². The molecule has 9 aliphatic rings. The Bertz CT molecular complexity index is 1530. The van der Waals surface area contributed by atoms with Gasteiger partial charge < -0.3 is 23.9 Å². The van der Waals surface area contributed by atoms with Crippen molar-refractivity contribution in [3.63, 3.8) is 0 Å². The molecule has 11 atom stereocenters. The van der Waals surface area contributed by atoms with Gasteiger partial charge in [0.05, 0.1) is 23.4 Å². The number of fused-ring (bicyclic) bond motifs is 2. The van der Waals surface area contributed by atoms with Crippen LogP contribution in [0.1, 0.15) is 118 Å². The van der Waals surface area contributed by atoms with Crippen molar-refractivity contribution in [1.29, 1.82) is 0 Å². The maximum absolute atomic E-state index is 12.9. The highest BCUT2D eigenvalue weighted by atomic mass is 16.7. The van der Waals surface area contributed by atoms with E-state index in [-0.39, 0.29) is 46.4 Å². The number of rotatable bonds is 3. The molecule has 4 bridgehead atoms. The quantitative estimate of drug-likeness (QED) is 0.388. The smallest absolute Gasteiger partial charge is 0.405 e. The van der Waals surface area contributed by atoms with Gasteiger partial charge in [0.2, 0.25) is 0 Å². The van der Waals surface area contributed by atoms with Gasteiger partial charge in [-0.15, -0.1) is 0 Å². The second-order valence-corrected chi connectivity index (χ2v) is 15.8. The molecule has 1 N–H and O–H groups in total. The highest BCUT2D eigenvalue weighted by molar-refractivity contribution is 6.51. The first-order valence-corrected chi connectivity index (χ1v) is 17.7. The molecule has 8 fully saturated rings. The number of nitrogens with one attached hydrogen (secondary N) is 1. The number of hydrogen-bond acceptors (Lipinski definition) is 5. The fourth-order valence-corrected chi connectivity index (χ4v) is 11.1. The van der Waals surface area contributed by atoms with Crippen molar-refractivity contribution < 1.29 is 23.4 Å². The second-order valence-electron chi connectivity index (χ2n) is 15.8. The average molecular weight is 609 g/mol. The molecule has 2 aliphatic heterocycles. The SMILES string of the molecule is CC.CNC(=O)c1ccc2c(c1)C(B1OC3C[C@@H]4C[C@@H](C4C)[C@]3(C)O1)c1ccccc1C2B1OC2C[C@@H]3C[C@@H](C3(C)C)[C@]2(C)O1. The second kappa shape index (κ2) is 10.2. The average Bonchev–Trinajstić information content (AvgIpc) is 3.59. The van der Waals surface area contributed by atoms with Gasteiger partial charge in [0.15, 0.2) is 0 Å². The van der Waals surface area contributed by atoms with Gasteiger partial charge in [0.25, 0.3) is 5.91 Å². The molecule has 5 unspecified atom stereocenters. The Morgan fingerprint density at radius 2 is 1.40 bits per heavy atom. The summed E-state index contributed by atoms with van der Waals surface area (Å²) in [5.74, 6) is 2.80. The van der Waals surface area contributed by atoms with Gasteiger partial charge >= 0.3 is 14.2 Å². The zero-order valence-electron chi connectivity index (χ0n) is 28.3. The van der Waals surface area contributed by atoms with Gasteiger partial charge in [-0.3, -0.25) is 4.79 Å². The number of carbonyl (C=O) groups is 1. The number of benzene rings is 2. The molecule has 0 aromatic heterocycles. The molecule has 6 saturated carbocycles. The van der Waals surface area contributed by atoms with Crippen molar-refractivity contribution in [1.82, 2.24) is 5.32 Å². The maximum atomic E-state index is 12.9. The highest BCUT2D eigenvalue weighted by Gasteiger charge is 2.70. The number of amides is 1. The lowest BCUT2D eigenvalue weighted by atomic mass is 9.43. The van der Waals surface area contributed by atoms with Crippen molar-refractivity contribution in [3.05, 3.63) is 70.3 Å². The van der Waals surface area contributed by atoms with Crippen molar-refractivity contribution in [2.75, 3.05) is 7.05 Å². The summed E-state index contributed by atoms with van der Waals surface area (Å²) in [6, 6.07) is 14.9. The van der Waals surface area contributed by atoms with Gasteiger partial charge in [-0.2, -0.15) is 0 Å². The fraction of sp³-hybridized carbons (Fsp3) is 0.649. The monoisotopic (exact) mass is 609 g/mol. The van der Waals surface area contributed by atoms with E-state index in [2.05, 4.69) is 76.3 Å². The Labute approximate surface area is 270 Å². The number of carbonyl (C=O) groups excluding carboxylic acids is 1. The molecule has 2 aromatic rings. The van der Waals surface area contributed by atoms with E-state index in [4.69, 9.17) is 18.6 Å². The zero-order valence-corrected chi connectivity index (χ0v) is 28.3. The third kappa shape index (κ3) is 3.95. The molecule has 2 heterocycles. The van der Waals surface area contributed by atoms with Crippen LogP contribution in [0, 0.1) is 35.0 Å². The summed E-state index contributed by atoms with van der Waals surface area (Å²) in [7, 11) is 0.880. The van der Waals surface area contributed by atoms with Crippen molar-refractivity contribution in [3.8, 4) is 0 Å². The van der Waals surface area contributed by atoms with Gasteiger partial charge in [-0.1, -0.05) is 65.0 Å². The predicted molar refractivity (Wildman–Crippen MR) is 177 cm³/mol. The van der Waals surface area contributed by atoms with Crippen LogP contribution in [-0.2, 0) is 18.6 Å². The molecule has 0 spiro atoms. The molecular weight excluding hydrogens is 560 g/mol. The van der Waals surface area contributed by atoms with Gasteiger partial charge in [0, 0.05) is 24.2 Å². The first-order valence-electron chi connectivity index (χ1n) is 17.7. The minimum atomic E-state index is -0.416. The van der Waals surface area contributed by atoms with E-state index in [0.717, 1.165) is 29.9 Å². The summed E-state index contributed by atoms with van der Waals surface area (Å²) in [6.07, 6.45) is 4.79. The lowest BCUT2D eigenvalue weighted by molar-refractivity contribution is -0.199. The summed E-state index contributed by atoms with van der Waals surface area (Å²) in [5, 5.41) is 2.83. The van der Waals surface area contributed by atoms with E-state index in [1.807, 2.05) is 19.9 Å². The molecule has 2 aromatic carbocycles. The van der Waals surface area contributed by atoms with E-state index in [0.29, 0.717) is 29.2 Å². The van der Waals surface area contributed by atoms with Crippen molar-refractivity contribution in [2.24, 2.45) is 35.0 Å². The van der Waals surface area contributed by atoms with Crippen LogP contribution in [0.3, 0.4) is 0 Å². The Balaban J connectivity index is 0.00000147. The normalized spacial score (nSPS) is 42.5. The molecule has 238 valence electrons. The van der Waals surface area contributed by atoms with Gasteiger partial charge in [0.1, 0.15) is 0 Å². The summed E-state index contributed by atoms with van der Waals surface area (Å²) in [4.78, 5) is 12.9. The van der Waals surface area contributed by atoms with Crippen LogP contribution < -0.4 is 5.32 Å². The molecule has 0 radical (unpaired) electrons. The lowest BCUT2D eigenvalue weighted by Crippen LogP contribution is -2.65. The summed E-state index contributed by atoms with van der Waals surface area (Å²) >= 11 is 0. The summed E-state index contributed by atoms with van der Waals surface area (Å²) in [6.45, 7) is 15.8. The van der Waals surface area contributed by atoms with Crippen LogP contribution >= 0.6 is 0 Å². The van der Waals surface area contributed by atoms with Crippen LogP contribution in [0.5, 0.6) is 0 Å².